The van der Waals surface area contributed by atoms with Gasteiger partial charge in [-0.25, -0.2) is 4.98 Å². The van der Waals surface area contributed by atoms with Crippen molar-refractivity contribution in [1.82, 2.24) is 19.9 Å². The zero-order valence-corrected chi connectivity index (χ0v) is 9.77. The first-order valence-electron chi connectivity index (χ1n) is 5.54. The Labute approximate surface area is 100 Å². The van der Waals surface area contributed by atoms with Gasteiger partial charge in [0.25, 0.3) is 0 Å². The van der Waals surface area contributed by atoms with E-state index in [1.165, 1.54) is 0 Å². The molecule has 2 N–H and O–H groups in total. The maximum atomic E-state index is 8.82. The van der Waals surface area contributed by atoms with Crippen molar-refractivity contribution in [2.24, 2.45) is 7.05 Å². The Bertz CT molecular complexity index is 503. The maximum Gasteiger partial charge on any atom is 0.120 e. The topological polar surface area (TPSA) is 69.4 Å². The molecule has 0 aliphatic heterocycles. The van der Waals surface area contributed by atoms with E-state index in [2.05, 4.69) is 21.4 Å². The second kappa shape index (κ2) is 5.32. The summed E-state index contributed by atoms with van der Waals surface area (Å²) in [6.45, 7) is 1.64. The summed E-state index contributed by atoms with van der Waals surface area (Å²) >= 11 is 0. The first kappa shape index (κ1) is 11.4. The third kappa shape index (κ3) is 2.95. The van der Waals surface area contributed by atoms with Crippen molar-refractivity contribution >= 4 is 0 Å². The van der Waals surface area contributed by atoms with Gasteiger partial charge in [-0.2, -0.15) is 5.26 Å². The standard InChI is InChI=1S/C12H15N5/c1-17-9-10(6-11(17)7-13)8-14-3-2-12-15-4-5-16-12/h4-6,9,14H,2-3,8H2,1H3,(H,15,16). The number of H-pyrrole nitrogens is 1. The van der Waals surface area contributed by atoms with Crippen molar-refractivity contribution < 1.29 is 0 Å². The fourth-order valence-corrected chi connectivity index (χ4v) is 1.71. The first-order chi connectivity index (χ1) is 8.29. The third-order valence-corrected chi connectivity index (χ3v) is 2.60. The average molecular weight is 229 g/mol. The summed E-state index contributed by atoms with van der Waals surface area (Å²) in [4.78, 5) is 7.21. The zero-order valence-electron chi connectivity index (χ0n) is 9.77. The lowest BCUT2D eigenvalue weighted by atomic mass is 10.3. The predicted molar refractivity (Wildman–Crippen MR) is 64.1 cm³/mol. The molecule has 2 aromatic heterocycles. The lowest BCUT2D eigenvalue weighted by Gasteiger charge is -2.00. The van der Waals surface area contributed by atoms with Crippen molar-refractivity contribution in [3.8, 4) is 6.07 Å². The fourth-order valence-electron chi connectivity index (χ4n) is 1.71. The summed E-state index contributed by atoms with van der Waals surface area (Å²) < 4.78 is 1.84. The van der Waals surface area contributed by atoms with Crippen molar-refractivity contribution in [2.75, 3.05) is 6.54 Å². The van der Waals surface area contributed by atoms with E-state index in [9.17, 15) is 0 Å². The van der Waals surface area contributed by atoms with Crippen molar-refractivity contribution in [1.29, 1.82) is 5.26 Å². The maximum absolute atomic E-state index is 8.82. The van der Waals surface area contributed by atoms with E-state index in [1.54, 1.807) is 6.20 Å². The normalized spacial score (nSPS) is 10.4. The Hall–Kier alpha value is -2.06. The quantitative estimate of drug-likeness (QED) is 0.750. The van der Waals surface area contributed by atoms with Gasteiger partial charge in [0.15, 0.2) is 0 Å². The lowest BCUT2D eigenvalue weighted by molar-refractivity contribution is 0.673. The Balaban J connectivity index is 1.76. The predicted octanol–water partition coefficient (Wildman–Crippen LogP) is 0.952. The Morgan fingerprint density at radius 2 is 2.47 bits per heavy atom. The summed E-state index contributed by atoms with van der Waals surface area (Å²) in [5.74, 6) is 0.989. The van der Waals surface area contributed by atoms with Crippen LogP contribution in [-0.2, 0) is 20.0 Å². The van der Waals surface area contributed by atoms with Crippen LogP contribution >= 0.6 is 0 Å². The molecular weight excluding hydrogens is 214 g/mol. The molecule has 0 unspecified atom stereocenters. The van der Waals surface area contributed by atoms with Crippen LogP contribution in [0.2, 0.25) is 0 Å². The van der Waals surface area contributed by atoms with Crippen LogP contribution in [0, 0.1) is 11.3 Å². The van der Waals surface area contributed by atoms with Gasteiger partial charge >= 0.3 is 0 Å². The molecule has 0 saturated heterocycles. The Kier molecular flexibility index (Phi) is 3.58. The van der Waals surface area contributed by atoms with Crippen LogP contribution in [-0.4, -0.2) is 21.1 Å². The van der Waals surface area contributed by atoms with E-state index < -0.39 is 0 Å². The number of nitriles is 1. The molecule has 5 heteroatoms. The number of hydrogen-bond donors (Lipinski definition) is 2. The van der Waals surface area contributed by atoms with Gasteiger partial charge in [0, 0.05) is 45.1 Å². The minimum atomic E-state index is 0.688. The molecule has 5 nitrogen and oxygen atoms in total. The smallest absolute Gasteiger partial charge is 0.120 e. The van der Waals surface area contributed by atoms with Crippen LogP contribution in [0.25, 0.3) is 0 Å². The fraction of sp³-hybridized carbons (Fsp3) is 0.333. The number of nitrogens with zero attached hydrogens (tertiary/aromatic N) is 3. The molecule has 2 heterocycles. The van der Waals surface area contributed by atoms with E-state index >= 15 is 0 Å². The molecule has 88 valence electrons. The van der Waals surface area contributed by atoms with Gasteiger partial charge in [0.1, 0.15) is 17.6 Å². The Morgan fingerprint density at radius 3 is 3.12 bits per heavy atom. The van der Waals surface area contributed by atoms with Crippen molar-refractivity contribution in [3.63, 3.8) is 0 Å². The largest absolute Gasteiger partial charge is 0.349 e. The van der Waals surface area contributed by atoms with Crippen molar-refractivity contribution in [3.05, 3.63) is 41.7 Å². The van der Waals surface area contributed by atoms with Crippen LogP contribution in [0.3, 0.4) is 0 Å². The molecule has 0 aromatic carbocycles. The van der Waals surface area contributed by atoms with Crippen LogP contribution in [0.4, 0.5) is 0 Å². The molecule has 17 heavy (non-hydrogen) atoms. The molecule has 0 aliphatic carbocycles. The number of aryl methyl sites for hydroxylation is 1. The van der Waals surface area contributed by atoms with Gasteiger partial charge in [-0.15, -0.1) is 0 Å². The second-order valence-electron chi connectivity index (χ2n) is 3.92. The molecule has 2 aromatic rings. The molecule has 0 spiro atoms. The molecule has 0 bridgehead atoms. The minimum absolute atomic E-state index is 0.688. The molecule has 0 amide bonds. The number of nitrogens with one attached hydrogen (secondary N) is 2. The molecule has 0 fully saturated rings. The van der Waals surface area contributed by atoms with E-state index in [0.717, 1.165) is 30.9 Å². The molecule has 2 rings (SSSR count). The highest BCUT2D eigenvalue weighted by molar-refractivity contribution is 5.28. The van der Waals surface area contributed by atoms with Gasteiger partial charge < -0.3 is 14.9 Å². The van der Waals surface area contributed by atoms with E-state index in [4.69, 9.17) is 5.26 Å². The monoisotopic (exact) mass is 229 g/mol. The number of aromatic amines is 1. The van der Waals surface area contributed by atoms with Crippen LogP contribution in [0.5, 0.6) is 0 Å². The van der Waals surface area contributed by atoms with Crippen molar-refractivity contribution in [2.45, 2.75) is 13.0 Å². The summed E-state index contributed by atoms with van der Waals surface area (Å²) in [5.41, 5.74) is 1.82. The zero-order chi connectivity index (χ0) is 12.1. The van der Waals surface area contributed by atoms with Gasteiger partial charge in [0.05, 0.1) is 0 Å². The number of imidazole rings is 1. The van der Waals surface area contributed by atoms with E-state index in [-0.39, 0.29) is 0 Å². The summed E-state index contributed by atoms with van der Waals surface area (Å²) in [6, 6.07) is 4.05. The second-order valence-corrected chi connectivity index (χ2v) is 3.92. The minimum Gasteiger partial charge on any atom is -0.349 e. The SMILES string of the molecule is Cn1cc(CNCCc2ncc[nH]2)cc1C#N. The Morgan fingerprint density at radius 1 is 1.59 bits per heavy atom. The number of aromatic nitrogens is 3. The number of hydrogen-bond acceptors (Lipinski definition) is 3. The highest BCUT2D eigenvalue weighted by Crippen LogP contribution is 2.05. The van der Waals surface area contributed by atoms with Gasteiger partial charge in [0.2, 0.25) is 0 Å². The van der Waals surface area contributed by atoms with Crippen LogP contribution < -0.4 is 5.32 Å². The summed E-state index contributed by atoms with van der Waals surface area (Å²) in [6.07, 6.45) is 6.43. The molecule has 0 aliphatic rings. The average Bonchev–Trinajstić information content (AvgIpc) is 2.94. The van der Waals surface area contributed by atoms with Gasteiger partial charge in [-0.1, -0.05) is 0 Å². The molecule has 0 radical (unpaired) electrons. The first-order valence-corrected chi connectivity index (χ1v) is 5.54. The molecule has 0 saturated carbocycles. The van der Waals surface area contributed by atoms with Crippen LogP contribution in [0.1, 0.15) is 17.1 Å². The van der Waals surface area contributed by atoms with Gasteiger partial charge in [-0.3, -0.25) is 0 Å². The van der Waals surface area contributed by atoms with Crippen LogP contribution in [0.15, 0.2) is 24.7 Å². The van der Waals surface area contributed by atoms with E-state index in [1.807, 2.05) is 30.1 Å². The molecular formula is C12H15N5. The number of rotatable bonds is 5. The van der Waals surface area contributed by atoms with Gasteiger partial charge in [-0.05, 0) is 11.6 Å². The summed E-state index contributed by atoms with van der Waals surface area (Å²) in [5, 5.41) is 12.1. The highest BCUT2D eigenvalue weighted by Gasteiger charge is 2.01. The molecule has 0 atom stereocenters. The van der Waals surface area contributed by atoms with E-state index in [0.29, 0.717) is 5.69 Å². The highest BCUT2D eigenvalue weighted by atomic mass is 14.9. The third-order valence-electron chi connectivity index (χ3n) is 2.60. The summed E-state index contributed by atoms with van der Waals surface area (Å²) in [7, 11) is 1.88. The lowest BCUT2D eigenvalue weighted by Crippen LogP contribution is -2.16.